The molecule has 0 radical (unpaired) electrons. The van der Waals surface area contributed by atoms with Crippen molar-refractivity contribution in [1.29, 1.82) is 0 Å². The van der Waals surface area contributed by atoms with Gasteiger partial charge in [0.1, 0.15) is 5.02 Å². The Morgan fingerprint density at radius 1 is 1.25 bits per heavy atom. The molecule has 0 bridgehead atoms. The summed E-state index contributed by atoms with van der Waals surface area (Å²) in [4.78, 5) is 10.8. The third-order valence-electron chi connectivity index (χ3n) is 4.85. The molecule has 24 heavy (non-hydrogen) atoms. The van der Waals surface area contributed by atoms with Gasteiger partial charge in [0.2, 0.25) is 0 Å². The maximum absolute atomic E-state index is 11.2. The molecular formula is C18H14ClIN2O2. The Hall–Kier alpha value is -1.60. The van der Waals surface area contributed by atoms with Crippen LogP contribution in [0.4, 0.5) is 11.4 Å². The number of nitro groups is 1. The molecule has 1 N–H and O–H groups in total. The third-order valence-corrected chi connectivity index (χ3v) is 5.84. The molecule has 2 aliphatic rings. The molecule has 0 saturated carbocycles. The first-order valence-electron chi connectivity index (χ1n) is 7.71. The summed E-state index contributed by atoms with van der Waals surface area (Å²) in [7, 11) is 0. The Bertz CT molecular complexity index is 868. The maximum atomic E-state index is 11.2. The lowest BCUT2D eigenvalue weighted by atomic mass is 9.77. The molecule has 1 aliphatic heterocycles. The number of hydrogen-bond donors (Lipinski definition) is 1. The van der Waals surface area contributed by atoms with E-state index in [4.69, 9.17) is 11.6 Å². The van der Waals surface area contributed by atoms with Gasteiger partial charge >= 0.3 is 0 Å². The topological polar surface area (TPSA) is 55.2 Å². The van der Waals surface area contributed by atoms with Gasteiger partial charge in [-0.05, 0) is 70.3 Å². The lowest BCUT2D eigenvalue weighted by molar-refractivity contribution is -0.384. The number of rotatable bonds is 2. The summed E-state index contributed by atoms with van der Waals surface area (Å²) >= 11 is 8.29. The average molecular weight is 453 g/mol. The van der Waals surface area contributed by atoms with Crippen molar-refractivity contribution >= 4 is 45.6 Å². The van der Waals surface area contributed by atoms with Gasteiger partial charge in [0, 0.05) is 21.2 Å². The molecule has 1 aliphatic carbocycles. The number of halogens is 2. The van der Waals surface area contributed by atoms with E-state index in [0.29, 0.717) is 11.8 Å². The van der Waals surface area contributed by atoms with Crippen molar-refractivity contribution in [3.63, 3.8) is 0 Å². The molecule has 0 fully saturated rings. The quantitative estimate of drug-likeness (QED) is 0.276. The van der Waals surface area contributed by atoms with Gasteiger partial charge in [-0.1, -0.05) is 29.8 Å². The number of fused-ring (bicyclic) bond motifs is 3. The van der Waals surface area contributed by atoms with E-state index in [1.54, 1.807) is 12.1 Å². The van der Waals surface area contributed by atoms with Crippen molar-refractivity contribution in [1.82, 2.24) is 0 Å². The van der Waals surface area contributed by atoms with Crippen LogP contribution in [0.1, 0.15) is 29.5 Å². The molecular weight excluding hydrogens is 439 g/mol. The molecule has 6 heteroatoms. The summed E-state index contributed by atoms with van der Waals surface area (Å²) in [6.07, 6.45) is 5.44. The number of allylic oxidation sites excluding steroid dienone is 2. The molecule has 2 unspecified atom stereocenters. The first kappa shape index (κ1) is 15.9. The first-order valence-corrected chi connectivity index (χ1v) is 9.17. The number of nitrogens with zero attached hydrogens (tertiary/aromatic N) is 1. The molecule has 0 amide bonds. The van der Waals surface area contributed by atoms with E-state index in [9.17, 15) is 10.1 Å². The third kappa shape index (κ3) is 2.59. The van der Waals surface area contributed by atoms with Gasteiger partial charge in [-0.15, -0.1) is 0 Å². The van der Waals surface area contributed by atoms with Gasteiger partial charge in [0.05, 0.1) is 11.0 Å². The SMILES string of the molecule is O=[N+]([O-])c1cc([C@H]2Nc3ccc(I)cc3C3C=CCC32)ccc1Cl. The molecule has 3 atom stereocenters. The Morgan fingerprint density at radius 3 is 2.88 bits per heavy atom. The molecule has 4 rings (SSSR count). The predicted molar refractivity (Wildman–Crippen MR) is 104 cm³/mol. The van der Waals surface area contributed by atoms with Crippen LogP contribution in [-0.2, 0) is 0 Å². The van der Waals surface area contributed by atoms with E-state index in [0.717, 1.165) is 17.7 Å². The second-order valence-corrected chi connectivity index (χ2v) is 7.83. The summed E-state index contributed by atoms with van der Waals surface area (Å²) in [6.45, 7) is 0. The highest BCUT2D eigenvalue weighted by Crippen LogP contribution is 2.50. The fourth-order valence-electron chi connectivity index (χ4n) is 3.76. The number of anilines is 1. The van der Waals surface area contributed by atoms with E-state index in [-0.39, 0.29) is 16.8 Å². The molecule has 1 heterocycles. The highest BCUT2D eigenvalue weighted by atomic mass is 127. The van der Waals surface area contributed by atoms with Gasteiger partial charge in [0.25, 0.3) is 5.69 Å². The highest BCUT2D eigenvalue weighted by molar-refractivity contribution is 14.1. The number of benzene rings is 2. The molecule has 2 aromatic rings. The minimum atomic E-state index is -0.421. The van der Waals surface area contributed by atoms with Crippen molar-refractivity contribution in [2.24, 2.45) is 5.92 Å². The van der Waals surface area contributed by atoms with Crippen molar-refractivity contribution in [2.45, 2.75) is 18.4 Å². The summed E-state index contributed by atoms with van der Waals surface area (Å²) in [5.41, 5.74) is 3.28. The Balaban J connectivity index is 1.79. The Kier molecular flexibility index (Phi) is 4.00. The largest absolute Gasteiger partial charge is 0.378 e. The Labute approximate surface area is 158 Å². The predicted octanol–water partition coefficient (Wildman–Crippen LogP) is 5.68. The summed E-state index contributed by atoms with van der Waals surface area (Å²) in [5.74, 6) is 0.701. The van der Waals surface area contributed by atoms with Gasteiger partial charge in [-0.3, -0.25) is 10.1 Å². The monoisotopic (exact) mass is 452 g/mol. The van der Waals surface area contributed by atoms with Crippen LogP contribution < -0.4 is 5.32 Å². The second kappa shape index (κ2) is 6.04. The van der Waals surface area contributed by atoms with Gasteiger partial charge in [-0.2, -0.15) is 0 Å². The molecule has 0 spiro atoms. The lowest BCUT2D eigenvalue weighted by Crippen LogP contribution is -2.29. The number of nitrogens with one attached hydrogen (secondary N) is 1. The fourth-order valence-corrected chi connectivity index (χ4v) is 4.46. The Morgan fingerprint density at radius 2 is 2.08 bits per heavy atom. The van der Waals surface area contributed by atoms with Gasteiger partial charge < -0.3 is 5.32 Å². The fraction of sp³-hybridized carbons (Fsp3) is 0.222. The van der Waals surface area contributed by atoms with Crippen LogP contribution in [0.2, 0.25) is 5.02 Å². The van der Waals surface area contributed by atoms with Crippen LogP contribution in [0.15, 0.2) is 48.6 Å². The minimum absolute atomic E-state index is 0.0353. The standard InChI is InChI=1S/C18H14ClIN2O2/c19-15-6-4-10(8-17(15)22(23)24)18-13-3-1-2-12(13)14-9-11(20)5-7-16(14)21-18/h1-2,4-9,12-13,18,21H,3H2/t12?,13?,18-/m1/s1. The molecule has 4 nitrogen and oxygen atoms in total. The van der Waals surface area contributed by atoms with Crippen LogP contribution in [0.5, 0.6) is 0 Å². The van der Waals surface area contributed by atoms with Crippen LogP contribution in [0.3, 0.4) is 0 Å². The lowest BCUT2D eigenvalue weighted by Gasteiger charge is -2.37. The molecule has 0 aromatic heterocycles. The zero-order chi connectivity index (χ0) is 16.8. The van der Waals surface area contributed by atoms with E-state index in [1.165, 1.54) is 9.13 Å². The summed E-state index contributed by atoms with van der Waals surface area (Å²) < 4.78 is 1.22. The van der Waals surface area contributed by atoms with Crippen LogP contribution in [0, 0.1) is 19.6 Å². The normalized spacial score (nSPS) is 24.2. The summed E-state index contributed by atoms with van der Waals surface area (Å²) in [6, 6.07) is 11.5. The van der Waals surface area contributed by atoms with Crippen molar-refractivity contribution in [3.05, 3.63) is 78.4 Å². The highest BCUT2D eigenvalue weighted by Gasteiger charge is 2.38. The molecule has 0 saturated heterocycles. The van der Waals surface area contributed by atoms with E-state index in [1.807, 2.05) is 6.07 Å². The zero-order valence-corrected chi connectivity index (χ0v) is 15.5. The minimum Gasteiger partial charge on any atom is -0.378 e. The van der Waals surface area contributed by atoms with Crippen LogP contribution in [-0.4, -0.2) is 4.92 Å². The number of nitro benzene ring substituents is 1. The van der Waals surface area contributed by atoms with E-state index >= 15 is 0 Å². The molecule has 122 valence electrons. The summed E-state index contributed by atoms with van der Waals surface area (Å²) in [5, 5.41) is 15.0. The number of hydrogen-bond acceptors (Lipinski definition) is 3. The van der Waals surface area contributed by atoms with E-state index < -0.39 is 4.92 Å². The van der Waals surface area contributed by atoms with Crippen molar-refractivity contribution in [2.75, 3.05) is 5.32 Å². The second-order valence-electron chi connectivity index (χ2n) is 6.18. The first-order chi connectivity index (χ1) is 11.5. The van der Waals surface area contributed by atoms with Crippen molar-refractivity contribution in [3.8, 4) is 0 Å². The average Bonchev–Trinajstić information content (AvgIpc) is 3.04. The maximum Gasteiger partial charge on any atom is 0.288 e. The van der Waals surface area contributed by atoms with Crippen LogP contribution >= 0.6 is 34.2 Å². The van der Waals surface area contributed by atoms with E-state index in [2.05, 4.69) is 58.3 Å². The van der Waals surface area contributed by atoms with Gasteiger partial charge in [0.15, 0.2) is 0 Å². The smallest absolute Gasteiger partial charge is 0.288 e. The van der Waals surface area contributed by atoms with Crippen molar-refractivity contribution < 1.29 is 4.92 Å². The van der Waals surface area contributed by atoms with Gasteiger partial charge in [-0.25, -0.2) is 0 Å². The zero-order valence-electron chi connectivity index (χ0n) is 12.6. The van der Waals surface area contributed by atoms with Crippen LogP contribution in [0.25, 0.3) is 0 Å². The molecule has 2 aromatic carbocycles.